The summed E-state index contributed by atoms with van der Waals surface area (Å²) in [6.45, 7) is 2.78. The highest BCUT2D eigenvalue weighted by Crippen LogP contribution is 2.26. The van der Waals surface area contributed by atoms with Crippen LogP contribution in [0.1, 0.15) is 22.8 Å². The van der Waals surface area contributed by atoms with Crippen LogP contribution in [-0.2, 0) is 11.3 Å². The van der Waals surface area contributed by atoms with E-state index in [-0.39, 0.29) is 12.5 Å². The molecule has 1 amide bonds. The monoisotopic (exact) mass is 235 g/mol. The molecule has 0 radical (unpaired) electrons. The summed E-state index contributed by atoms with van der Waals surface area (Å²) in [5, 5.41) is 8.50. The molecule has 0 unspecified atom stereocenters. The molecule has 1 N–H and O–H groups in total. The number of fused-ring (bicyclic) bond motifs is 1. The zero-order valence-electron chi connectivity index (χ0n) is 9.47. The lowest BCUT2D eigenvalue weighted by molar-refractivity contribution is -0.139. The number of carboxylic acids is 1. The van der Waals surface area contributed by atoms with E-state index in [1.807, 2.05) is 6.92 Å². The van der Waals surface area contributed by atoms with Gasteiger partial charge in [-0.2, -0.15) is 0 Å². The first-order chi connectivity index (χ1) is 8.11. The number of benzene rings is 1. The normalized spacial score (nSPS) is 13.7. The number of nitrogens with zero attached hydrogens (tertiary/aromatic N) is 1. The summed E-state index contributed by atoms with van der Waals surface area (Å²) in [6.07, 6.45) is 0. The number of amides is 1. The van der Waals surface area contributed by atoms with E-state index in [1.165, 1.54) is 0 Å². The molecule has 17 heavy (non-hydrogen) atoms. The van der Waals surface area contributed by atoms with Crippen LogP contribution < -0.4 is 4.74 Å². The summed E-state index contributed by atoms with van der Waals surface area (Å²) in [4.78, 5) is 23.9. The molecule has 0 saturated heterocycles. The number of carbonyl (C=O) groups is 2. The number of aliphatic carboxylic acids is 1. The fourth-order valence-electron chi connectivity index (χ4n) is 1.85. The number of rotatable bonds is 4. The Morgan fingerprint density at radius 3 is 2.94 bits per heavy atom. The molecule has 0 fully saturated rings. The molecule has 0 atom stereocenters. The average Bonchev–Trinajstić information content (AvgIpc) is 2.63. The number of carbonyl (C=O) groups excluding carboxylic acids is 1. The predicted molar refractivity (Wildman–Crippen MR) is 60.0 cm³/mol. The van der Waals surface area contributed by atoms with Gasteiger partial charge in [-0.05, 0) is 30.7 Å². The first kappa shape index (κ1) is 11.4. The molecule has 2 rings (SSSR count). The van der Waals surface area contributed by atoms with Crippen molar-refractivity contribution in [1.82, 2.24) is 4.90 Å². The van der Waals surface area contributed by atoms with Crippen molar-refractivity contribution in [3.05, 3.63) is 29.3 Å². The highest BCUT2D eigenvalue weighted by Gasteiger charge is 2.26. The maximum atomic E-state index is 11.8. The molecule has 5 heteroatoms. The molecular formula is C12H13NO4. The van der Waals surface area contributed by atoms with E-state index >= 15 is 0 Å². The van der Waals surface area contributed by atoms with Gasteiger partial charge in [0.25, 0.3) is 5.91 Å². The maximum Gasteiger partial charge on any atom is 0.341 e. The van der Waals surface area contributed by atoms with E-state index in [0.29, 0.717) is 24.4 Å². The molecular weight excluding hydrogens is 222 g/mol. The second-order valence-electron chi connectivity index (χ2n) is 3.82. The summed E-state index contributed by atoms with van der Waals surface area (Å²) < 4.78 is 5.07. The van der Waals surface area contributed by atoms with Gasteiger partial charge in [0.2, 0.25) is 0 Å². The molecule has 90 valence electrons. The molecule has 1 aromatic carbocycles. The Morgan fingerprint density at radius 1 is 1.53 bits per heavy atom. The Hall–Kier alpha value is -2.04. The second-order valence-corrected chi connectivity index (χ2v) is 3.82. The predicted octanol–water partition coefficient (Wildman–Crippen LogP) is 1.13. The Kier molecular flexibility index (Phi) is 2.99. The quantitative estimate of drug-likeness (QED) is 0.849. The van der Waals surface area contributed by atoms with Crippen LogP contribution in [0.2, 0.25) is 0 Å². The van der Waals surface area contributed by atoms with Crippen LogP contribution in [-0.4, -0.2) is 35.0 Å². The minimum atomic E-state index is -1.02. The third-order valence-electron chi connectivity index (χ3n) is 2.70. The van der Waals surface area contributed by atoms with Gasteiger partial charge in [-0.25, -0.2) is 4.79 Å². The van der Waals surface area contributed by atoms with Crippen molar-refractivity contribution in [3.8, 4) is 5.75 Å². The van der Waals surface area contributed by atoms with Crippen molar-refractivity contribution in [2.45, 2.75) is 13.5 Å². The number of ether oxygens (including phenoxy) is 1. The molecule has 5 nitrogen and oxygen atoms in total. The summed E-state index contributed by atoms with van der Waals surface area (Å²) in [7, 11) is 0. The molecule has 0 spiro atoms. The minimum Gasteiger partial charge on any atom is -0.482 e. The zero-order valence-corrected chi connectivity index (χ0v) is 9.47. The number of hydrogen-bond acceptors (Lipinski definition) is 3. The highest BCUT2D eigenvalue weighted by molar-refractivity contribution is 5.98. The largest absolute Gasteiger partial charge is 0.482 e. The first-order valence-corrected chi connectivity index (χ1v) is 5.38. The molecule has 1 heterocycles. The van der Waals surface area contributed by atoms with Crippen LogP contribution >= 0.6 is 0 Å². The van der Waals surface area contributed by atoms with Crippen LogP contribution in [0.15, 0.2) is 18.2 Å². The Balaban J connectivity index is 2.17. The fraction of sp³-hybridized carbons (Fsp3) is 0.333. The van der Waals surface area contributed by atoms with Gasteiger partial charge < -0.3 is 14.7 Å². The van der Waals surface area contributed by atoms with Gasteiger partial charge >= 0.3 is 5.97 Å². The molecule has 0 saturated carbocycles. The molecule has 1 aliphatic heterocycles. The SMILES string of the molecule is CCN1Cc2cc(OCC(=O)O)ccc2C1=O. The molecule has 1 aliphatic rings. The third kappa shape index (κ3) is 2.22. The van der Waals surface area contributed by atoms with E-state index in [0.717, 1.165) is 5.56 Å². The minimum absolute atomic E-state index is 0.0206. The lowest BCUT2D eigenvalue weighted by Gasteiger charge is -2.10. The van der Waals surface area contributed by atoms with Crippen molar-refractivity contribution in [2.24, 2.45) is 0 Å². The van der Waals surface area contributed by atoms with E-state index in [1.54, 1.807) is 23.1 Å². The molecule has 0 aromatic heterocycles. The number of hydrogen-bond donors (Lipinski definition) is 1. The standard InChI is InChI=1S/C12H13NO4/c1-2-13-6-8-5-9(17-7-11(14)15)3-4-10(8)12(13)16/h3-5H,2,6-7H2,1H3,(H,14,15). The van der Waals surface area contributed by atoms with E-state index in [2.05, 4.69) is 0 Å². The van der Waals surface area contributed by atoms with E-state index in [4.69, 9.17) is 9.84 Å². The maximum absolute atomic E-state index is 11.8. The lowest BCUT2D eigenvalue weighted by atomic mass is 10.1. The smallest absolute Gasteiger partial charge is 0.341 e. The van der Waals surface area contributed by atoms with Crippen molar-refractivity contribution in [1.29, 1.82) is 0 Å². The third-order valence-corrected chi connectivity index (χ3v) is 2.70. The van der Waals surface area contributed by atoms with Crippen molar-refractivity contribution in [2.75, 3.05) is 13.2 Å². The zero-order chi connectivity index (χ0) is 12.4. The molecule has 1 aromatic rings. The van der Waals surface area contributed by atoms with Crippen LogP contribution in [0.5, 0.6) is 5.75 Å². The van der Waals surface area contributed by atoms with Crippen molar-refractivity contribution >= 4 is 11.9 Å². The highest BCUT2D eigenvalue weighted by atomic mass is 16.5. The van der Waals surface area contributed by atoms with Gasteiger partial charge in [0.1, 0.15) is 5.75 Å². The van der Waals surface area contributed by atoms with E-state index < -0.39 is 5.97 Å². The summed E-state index contributed by atoms with van der Waals surface area (Å²) >= 11 is 0. The van der Waals surface area contributed by atoms with Gasteiger partial charge in [0, 0.05) is 18.7 Å². The fourth-order valence-corrected chi connectivity index (χ4v) is 1.85. The van der Waals surface area contributed by atoms with Gasteiger partial charge in [0.15, 0.2) is 6.61 Å². The molecule has 0 aliphatic carbocycles. The lowest BCUT2D eigenvalue weighted by Crippen LogP contribution is -2.22. The van der Waals surface area contributed by atoms with Crippen LogP contribution in [0, 0.1) is 0 Å². The summed E-state index contributed by atoms with van der Waals surface area (Å²) in [6, 6.07) is 5.04. The van der Waals surface area contributed by atoms with Crippen LogP contribution in [0.3, 0.4) is 0 Å². The summed E-state index contributed by atoms with van der Waals surface area (Å²) in [5.41, 5.74) is 1.56. The molecule has 0 bridgehead atoms. The van der Waals surface area contributed by atoms with E-state index in [9.17, 15) is 9.59 Å². The second kappa shape index (κ2) is 4.45. The first-order valence-electron chi connectivity index (χ1n) is 5.38. The van der Waals surface area contributed by atoms with Crippen molar-refractivity contribution < 1.29 is 19.4 Å². The Bertz CT molecular complexity index is 470. The average molecular weight is 235 g/mol. The van der Waals surface area contributed by atoms with Crippen LogP contribution in [0.4, 0.5) is 0 Å². The summed E-state index contributed by atoms with van der Waals surface area (Å²) in [5.74, 6) is -0.513. The van der Waals surface area contributed by atoms with Crippen molar-refractivity contribution in [3.63, 3.8) is 0 Å². The van der Waals surface area contributed by atoms with Crippen LogP contribution in [0.25, 0.3) is 0 Å². The van der Waals surface area contributed by atoms with Gasteiger partial charge in [-0.1, -0.05) is 0 Å². The number of carboxylic acid groups (broad SMARTS) is 1. The van der Waals surface area contributed by atoms with Gasteiger partial charge in [-0.3, -0.25) is 4.79 Å². The van der Waals surface area contributed by atoms with Gasteiger partial charge in [-0.15, -0.1) is 0 Å². The van der Waals surface area contributed by atoms with Gasteiger partial charge in [0.05, 0.1) is 0 Å². The topological polar surface area (TPSA) is 66.8 Å². The Labute approximate surface area is 98.6 Å². The Morgan fingerprint density at radius 2 is 2.29 bits per heavy atom.